The Labute approximate surface area is 169 Å². The van der Waals surface area contributed by atoms with Crippen molar-refractivity contribution in [2.75, 3.05) is 0 Å². The summed E-state index contributed by atoms with van der Waals surface area (Å²) in [5.74, 6) is -0.360. The molecule has 1 atom stereocenters. The van der Waals surface area contributed by atoms with Crippen LogP contribution in [0.15, 0.2) is 59.0 Å². The Morgan fingerprint density at radius 2 is 1.69 bits per heavy atom. The number of hydrogen-bond donors (Lipinski definition) is 1. The lowest BCUT2D eigenvalue weighted by Crippen LogP contribution is -2.46. The molecule has 6 heteroatoms. The summed E-state index contributed by atoms with van der Waals surface area (Å²) in [7, 11) is 0. The van der Waals surface area contributed by atoms with Gasteiger partial charge in [-0.25, -0.2) is 4.79 Å². The van der Waals surface area contributed by atoms with Gasteiger partial charge in [0.1, 0.15) is 17.9 Å². The van der Waals surface area contributed by atoms with Crippen LogP contribution in [0.2, 0.25) is 0 Å². The molecule has 0 unspecified atom stereocenters. The van der Waals surface area contributed by atoms with Crippen molar-refractivity contribution in [1.82, 2.24) is 5.32 Å². The smallest absolute Gasteiger partial charge is 0.375 e. The van der Waals surface area contributed by atoms with Crippen LogP contribution < -0.4 is 10.1 Å². The molecule has 3 aromatic rings. The molecular weight excluding hydrogens is 370 g/mol. The number of para-hydroxylation sites is 2. The molecule has 1 N–H and O–H groups in total. The first kappa shape index (κ1) is 20.5. The van der Waals surface area contributed by atoms with Gasteiger partial charge in [0.15, 0.2) is 6.10 Å². The zero-order valence-electron chi connectivity index (χ0n) is 17.0. The summed E-state index contributed by atoms with van der Waals surface area (Å²) in [5, 5.41) is 3.56. The third-order valence-corrected chi connectivity index (χ3v) is 4.16. The number of carbonyl (C=O) groups excluding carboxylic acids is 2. The Morgan fingerprint density at radius 3 is 2.38 bits per heavy atom. The SMILES string of the molecule is C[C@@H](OC(=O)c1oc2ccccc2c1COc1ccccc1)C(=O)NC(C)(C)C. The van der Waals surface area contributed by atoms with E-state index in [0.29, 0.717) is 16.9 Å². The lowest BCUT2D eigenvalue weighted by molar-refractivity contribution is -0.130. The number of carbonyl (C=O) groups is 2. The van der Waals surface area contributed by atoms with Gasteiger partial charge in [0.25, 0.3) is 5.91 Å². The van der Waals surface area contributed by atoms with Crippen molar-refractivity contribution in [1.29, 1.82) is 0 Å². The first-order chi connectivity index (χ1) is 13.7. The number of hydrogen-bond acceptors (Lipinski definition) is 5. The van der Waals surface area contributed by atoms with Crippen LogP contribution in [0.4, 0.5) is 0 Å². The van der Waals surface area contributed by atoms with Crippen molar-refractivity contribution in [3.63, 3.8) is 0 Å². The van der Waals surface area contributed by atoms with Gasteiger partial charge < -0.3 is 19.2 Å². The third-order valence-electron chi connectivity index (χ3n) is 4.16. The van der Waals surface area contributed by atoms with Crippen LogP contribution in [-0.2, 0) is 16.1 Å². The number of nitrogens with one attached hydrogen (secondary N) is 1. The lowest BCUT2D eigenvalue weighted by Gasteiger charge is -2.23. The minimum atomic E-state index is -0.960. The van der Waals surface area contributed by atoms with Crippen LogP contribution in [-0.4, -0.2) is 23.5 Å². The second-order valence-corrected chi connectivity index (χ2v) is 7.79. The molecule has 0 radical (unpaired) electrons. The maximum atomic E-state index is 12.8. The molecule has 1 heterocycles. The maximum absolute atomic E-state index is 12.8. The summed E-state index contributed by atoms with van der Waals surface area (Å²) >= 11 is 0. The van der Waals surface area contributed by atoms with Crippen LogP contribution in [0.5, 0.6) is 5.75 Å². The number of ether oxygens (including phenoxy) is 2. The first-order valence-corrected chi connectivity index (χ1v) is 9.46. The normalized spacial score (nSPS) is 12.4. The fraction of sp³-hybridized carbons (Fsp3) is 0.304. The second-order valence-electron chi connectivity index (χ2n) is 7.79. The number of fused-ring (bicyclic) bond motifs is 1. The summed E-state index contributed by atoms with van der Waals surface area (Å²) < 4.78 is 16.9. The van der Waals surface area contributed by atoms with Gasteiger partial charge in [-0.2, -0.15) is 0 Å². The third kappa shape index (κ3) is 5.16. The van der Waals surface area contributed by atoms with Crippen molar-refractivity contribution in [2.24, 2.45) is 0 Å². The molecule has 0 saturated carbocycles. The zero-order chi connectivity index (χ0) is 21.0. The maximum Gasteiger partial charge on any atom is 0.375 e. The number of amides is 1. The molecule has 0 aliphatic carbocycles. The van der Waals surface area contributed by atoms with E-state index in [4.69, 9.17) is 13.9 Å². The predicted octanol–water partition coefficient (Wildman–Crippen LogP) is 4.47. The highest BCUT2D eigenvalue weighted by Gasteiger charge is 2.27. The van der Waals surface area contributed by atoms with E-state index in [-0.39, 0.29) is 18.3 Å². The van der Waals surface area contributed by atoms with Crippen molar-refractivity contribution < 1.29 is 23.5 Å². The zero-order valence-corrected chi connectivity index (χ0v) is 17.0. The highest BCUT2D eigenvalue weighted by Crippen LogP contribution is 2.28. The Balaban J connectivity index is 1.82. The Kier molecular flexibility index (Phi) is 5.92. The van der Waals surface area contributed by atoms with Crippen molar-refractivity contribution >= 4 is 22.8 Å². The summed E-state index contributed by atoms with van der Waals surface area (Å²) in [6.45, 7) is 7.24. The summed E-state index contributed by atoms with van der Waals surface area (Å²) in [6, 6.07) is 16.6. The Bertz CT molecular complexity index is 1000. The van der Waals surface area contributed by atoms with Gasteiger partial charge >= 0.3 is 5.97 Å². The molecule has 1 amide bonds. The standard InChI is InChI=1S/C23H25NO5/c1-15(21(25)24-23(2,3)4)28-22(26)20-18(14-27-16-10-6-5-7-11-16)17-12-8-9-13-19(17)29-20/h5-13,15H,14H2,1-4H3,(H,24,25)/t15-/m1/s1. The van der Waals surface area contributed by atoms with E-state index in [1.807, 2.05) is 69.3 Å². The van der Waals surface area contributed by atoms with Crippen LogP contribution in [0.25, 0.3) is 11.0 Å². The summed E-state index contributed by atoms with van der Waals surface area (Å²) in [4.78, 5) is 25.0. The van der Waals surface area contributed by atoms with Crippen LogP contribution in [0.1, 0.15) is 43.8 Å². The number of esters is 1. The average Bonchev–Trinajstić information content (AvgIpc) is 3.04. The molecule has 29 heavy (non-hydrogen) atoms. The molecule has 0 aliphatic heterocycles. The number of furan rings is 1. The highest BCUT2D eigenvalue weighted by molar-refractivity contribution is 5.97. The van der Waals surface area contributed by atoms with Gasteiger partial charge in [0, 0.05) is 10.9 Å². The van der Waals surface area contributed by atoms with E-state index < -0.39 is 17.6 Å². The molecule has 1 aromatic heterocycles. The topological polar surface area (TPSA) is 77.8 Å². The molecule has 2 aromatic carbocycles. The van der Waals surface area contributed by atoms with Crippen molar-refractivity contribution in [3.05, 3.63) is 65.9 Å². The van der Waals surface area contributed by atoms with Crippen molar-refractivity contribution in [3.8, 4) is 5.75 Å². The van der Waals surface area contributed by atoms with Crippen LogP contribution in [0, 0.1) is 0 Å². The monoisotopic (exact) mass is 395 g/mol. The predicted molar refractivity (Wildman–Crippen MR) is 110 cm³/mol. The average molecular weight is 395 g/mol. The molecule has 0 bridgehead atoms. The van der Waals surface area contributed by atoms with Gasteiger partial charge in [-0.05, 0) is 45.9 Å². The van der Waals surface area contributed by atoms with Gasteiger partial charge in [0.2, 0.25) is 5.76 Å². The molecule has 3 rings (SSSR count). The van der Waals surface area contributed by atoms with E-state index >= 15 is 0 Å². The minimum Gasteiger partial charge on any atom is -0.489 e. The molecule has 0 spiro atoms. The van der Waals surface area contributed by atoms with E-state index in [9.17, 15) is 9.59 Å². The van der Waals surface area contributed by atoms with Crippen LogP contribution >= 0.6 is 0 Å². The number of benzene rings is 2. The quantitative estimate of drug-likeness (QED) is 0.623. The van der Waals surface area contributed by atoms with E-state index in [0.717, 1.165) is 5.39 Å². The van der Waals surface area contributed by atoms with Gasteiger partial charge in [-0.1, -0.05) is 36.4 Å². The molecule has 0 aliphatic rings. The van der Waals surface area contributed by atoms with E-state index in [2.05, 4.69) is 5.32 Å². The Hall–Kier alpha value is -3.28. The van der Waals surface area contributed by atoms with Gasteiger partial charge in [-0.15, -0.1) is 0 Å². The molecule has 0 fully saturated rings. The number of rotatable bonds is 6. The largest absolute Gasteiger partial charge is 0.489 e. The summed E-state index contributed by atoms with van der Waals surface area (Å²) in [6.07, 6.45) is -0.960. The fourth-order valence-electron chi connectivity index (χ4n) is 2.82. The molecule has 0 saturated heterocycles. The van der Waals surface area contributed by atoms with Crippen molar-refractivity contribution in [2.45, 2.75) is 45.9 Å². The lowest BCUT2D eigenvalue weighted by atomic mass is 10.1. The fourth-order valence-corrected chi connectivity index (χ4v) is 2.82. The molecule has 6 nitrogen and oxygen atoms in total. The molecular formula is C23H25NO5. The van der Waals surface area contributed by atoms with Gasteiger partial charge in [-0.3, -0.25) is 4.79 Å². The molecule has 152 valence electrons. The van der Waals surface area contributed by atoms with E-state index in [1.165, 1.54) is 6.92 Å². The first-order valence-electron chi connectivity index (χ1n) is 9.46. The summed E-state index contributed by atoms with van der Waals surface area (Å²) in [5.41, 5.74) is 0.710. The van der Waals surface area contributed by atoms with E-state index in [1.54, 1.807) is 6.07 Å². The van der Waals surface area contributed by atoms with Gasteiger partial charge in [0.05, 0.1) is 5.56 Å². The second kappa shape index (κ2) is 8.39. The minimum absolute atomic E-state index is 0.0394. The highest BCUT2D eigenvalue weighted by atomic mass is 16.6. The Morgan fingerprint density at radius 1 is 1.03 bits per heavy atom. The van der Waals surface area contributed by atoms with Crippen LogP contribution in [0.3, 0.4) is 0 Å².